The average Bonchev–Trinajstić information content (AvgIpc) is 2.55. The Kier molecular flexibility index (Phi) is 6.02. The first-order valence-electron chi connectivity index (χ1n) is 7.99. The first-order valence-corrected chi connectivity index (χ1v) is 7.99. The first kappa shape index (κ1) is 19.5. The number of benzene rings is 2. The van der Waals surface area contributed by atoms with Gasteiger partial charge in [0.15, 0.2) is 0 Å². The lowest BCUT2D eigenvalue weighted by Gasteiger charge is -2.14. The molecule has 0 unspecified atom stereocenters. The zero-order chi connectivity index (χ0) is 19.3. The van der Waals surface area contributed by atoms with Crippen LogP contribution in [0.1, 0.15) is 36.0 Å². The van der Waals surface area contributed by atoms with Crippen molar-refractivity contribution < 1.29 is 22.8 Å². The third kappa shape index (κ3) is 5.61. The average molecular weight is 364 g/mol. The van der Waals surface area contributed by atoms with Crippen molar-refractivity contribution >= 4 is 17.5 Å². The lowest BCUT2D eigenvalue weighted by Crippen LogP contribution is -2.15. The van der Waals surface area contributed by atoms with Crippen molar-refractivity contribution in [1.29, 1.82) is 0 Å². The fourth-order valence-electron chi connectivity index (χ4n) is 2.52. The molecule has 0 aliphatic heterocycles. The lowest BCUT2D eigenvalue weighted by molar-refractivity contribution is -0.137. The van der Waals surface area contributed by atoms with Gasteiger partial charge in [-0.25, -0.2) is 0 Å². The van der Waals surface area contributed by atoms with Crippen molar-refractivity contribution in [3.8, 4) is 0 Å². The molecule has 138 valence electrons. The number of hydrogen-bond donors (Lipinski definition) is 2. The molecule has 0 spiro atoms. The van der Waals surface area contributed by atoms with Crippen molar-refractivity contribution in [2.24, 2.45) is 5.73 Å². The summed E-state index contributed by atoms with van der Waals surface area (Å²) in [5, 5.41) is 2.72. The van der Waals surface area contributed by atoms with Crippen LogP contribution < -0.4 is 11.1 Å². The number of alkyl halides is 3. The molecule has 2 aromatic carbocycles. The van der Waals surface area contributed by atoms with Crippen LogP contribution in [0.25, 0.3) is 0 Å². The number of hydrogen-bond acceptors (Lipinski definition) is 2. The third-order valence-electron chi connectivity index (χ3n) is 3.91. The lowest BCUT2D eigenvalue weighted by atomic mass is 9.96. The van der Waals surface area contributed by atoms with Gasteiger partial charge in [0.2, 0.25) is 11.8 Å². The van der Waals surface area contributed by atoms with E-state index in [1.54, 1.807) is 31.2 Å². The summed E-state index contributed by atoms with van der Waals surface area (Å²) in [5.41, 5.74) is 6.37. The molecule has 2 aromatic rings. The summed E-state index contributed by atoms with van der Waals surface area (Å²) in [6.07, 6.45) is -4.12. The number of rotatable bonds is 6. The highest BCUT2D eigenvalue weighted by molar-refractivity contribution is 5.91. The van der Waals surface area contributed by atoms with Crippen LogP contribution in [0, 0.1) is 0 Å². The van der Waals surface area contributed by atoms with E-state index in [0.717, 1.165) is 17.7 Å². The van der Waals surface area contributed by atoms with Crippen LogP contribution >= 0.6 is 0 Å². The Balaban J connectivity index is 1.93. The van der Waals surface area contributed by atoms with E-state index in [9.17, 15) is 22.8 Å². The van der Waals surface area contributed by atoms with E-state index in [-0.39, 0.29) is 24.7 Å². The minimum Gasteiger partial charge on any atom is -0.369 e. The Morgan fingerprint density at radius 2 is 1.62 bits per heavy atom. The molecule has 0 aliphatic rings. The maximum atomic E-state index is 12.6. The number of primary amides is 1. The molecule has 0 saturated heterocycles. The van der Waals surface area contributed by atoms with Gasteiger partial charge in [0, 0.05) is 12.1 Å². The fourth-order valence-corrected chi connectivity index (χ4v) is 2.52. The molecule has 7 heteroatoms. The molecule has 0 fully saturated rings. The SMILES string of the molecule is C[C@H](CC(=O)Nc1ccc(CC(N)=O)cc1)c1ccc(C(F)(F)F)cc1. The molecule has 0 saturated carbocycles. The molecule has 0 heterocycles. The summed E-state index contributed by atoms with van der Waals surface area (Å²) in [5.74, 6) is -0.918. The number of carbonyl (C=O) groups is 2. The van der Waals surface area contributed by atoms with E-state index in [1.165, 1.54) is 12.1 Å². The molecule has 26 heavy (non-hydrogen) atoms. The summed E-state index contributed by atoms with van der Waals surface area (Å²) in [6.45, 7) is 1.78. The van der Waals surface area contributed by atoms with E-state index in [4.69, 9.17) is 5.73 Å². The largest absolute Gasteiger partial charge is 0.416 e. The van der Waals surface area contributed by atoms with E-state index in [2.05, 4.69) is 5.32 Å². The van der Waals surface area contributed by atoms with Crippen LogP contribution in [0.2, 0.25) is 0 Å². The summed E-state index contributed by atoms with van der Waals surface area (Å²) in [4.78, 5) is 23.0. The molecule has 0 bridgehead atoms. The van der Waals surface area contributed by atoms with E-state index in [0.29, 0.717) is 11.3 Å². The van der Waals surface area contributed by atoms with Crippen molar-refractivity contribution in [3.05, 3.63) is 65.2 Å². The highest BCUT2D eigenvalue weighted by Crippen LogP contribution is 2.30. The molecule has 0 radical (unpaired) electrons. The van der Waals surface area contributed by atoms with Gasteiger partial charge in [0.1, 0.15) is 0 Å². The van der Waals surface area contributed by atoms with Gasteiger partial charge in [-0.15, -0.1) is 0 Å². The minimum absolute atomic E-state index is 0.124. The van der Waals surface area contributed by atoms with E-state index < -0.39 is 17.6 Å². The van der Waals surface area contributed by atoms with Crippen LogP contribution in [0.3, 0.4) is 0 Å². The summed E-state index contributed by atoms with van der Waals surface area (Å²) in [6, 6.07) is 11.5. The Morgan fingerprint density at radius 3 is 2.12 bits per heavy atom. The predicted molar refractivity (Wildman–Crippen MR) is 92.4 cm³/mol. The number of halogens is 3. The fraction of sp³-hybridized carbons (Fsp3) is 0.263. The number of carbonyl (C=O) groups excluding carboxylic acids is 2. The monoisotopic (exact) mass is 364 g/mol. The highest BCUT2D eigenvalue weighted by atomic mass is 19.4. The highest BCUT2D eigenvalue weighted by Gasteiger charge is 2.30. The van der Waals surface area contributed by atoms with Gasteiger partial charge in [-0.2, -0.15) is 13.2 Å². The predicted octanol–water partition coefficient (Wildman–Crippen LogP) is 3.87. The molecule has 4 nitrogen and oxygen atoms in total. The summed E-state index contributed by atoms with van der Waals surface area (Å²) < 4.78 is 37.7. The van der Waals surface area contributed by atoms with Gasteiger partial charge >= 0.3 is 6.18 Å². The van der Waals surface area contributed by atoms with Crippen LogP contribution in [0.4, 0.5) is 18.9 Å². The molecular weight excluding hydrogens is 345 g/mol. The standard InChI is InChI=1S/C19H19F3N2O2/c1-12(14-4-6-15(7-5-14)19(20,21)22)10-18(26)24-16-8-2-13(3-9-16)11-17(23)25/h2-9,12H,10-11H2,1H3,(H2,23,25)(H,24,26)/t12-/m1/s1. The van der Waals surface area contributed by atoms with Gasteiger partial charge < -0.3 is 11.1 Å². The quantitative estimate of drug-likeness (QED) is 0.817. The number of nitrogens with one attached hydrogen (secondary N) is 1. The third-order valence-corrected chi connectivity index (χ3v) is 3.91. The second-order valence-electron chi connectivity index (χ2n) is 6.11. The Bertz CT molecular complexity index is 769. The second kappa shape index (κ2) is 8.03. The molecule has 2 amide bonds. The van der Waals surface area contributed by atoms with Gasteiger partial charge in [0.05, 0.1) is 12.0 Å². The number of anilines is 1. The van der Waals surface area contributed by atoms with Gasteiger partial charge in [0.25, 0.3) is 0 Å². The van der Waals surface area contributed by atoms with Crippen molar-refractivity contribution in [2.45, 2.75) is 31.9 Å². The van der Waals surface area contributed by atoms with E-state index in [1.807, 2.05) is 0 Å². The van der Waals surface area contributed by atoms with Crippen molar-refractivity contribution in [3.63, 3.8) is 0 Å². The summed E-state index contributed by atoms with van der Waals surface area (Å²) >= 11 is 0. The molecule has 0 aromatic heterocycles. The topological polar surface area (TPSA) is 72.2 Å². The number of amides is 2. The molecular formula is C19H19F3N2O2. The zero-order valence-electron chi connectivity index (χ0n) is 14.1. The molecule has 3 N–H and O–H groups in total. The Hall–Kier alpha value is -2.83. The molecule has 0 aliphatic carbocycles. The Morgan fingerprint density at radius 1 is 1.04 bits per heavy atom. The minimum atomic E-state index is -4.38. The molecule has 1 atom stereocenters. The maximum absolute atomic E-state index is 12.6. The van der Waals surface area contributed by atoms with E-state index >= 15 is 0 Å². The van der Waals surface area contributed by atoms with Crippen LogP contribution in [0.5, 0.6) is 0 Å². The number of nitrogens with two attached hydrogens (primary N) is 1. The first-order chi connectivity index (χ1) is 12.1. The van der Waals surface area contributed by atoms with Gasteiger partial charge in [-0.1, -0.05) is 31.2 Å². The van der Waals surface area contributed by atoms with Gasteiger partial charge in [-0.3, -0.25) is 9.59 Å². The van der Waals surface area contributed by atoms with Crippen molar-refractivity contribution in [1.82, 2.24) is 0 Å². The summed E-state index contributed by atoms with van der Waals surface area (Å²) in [7, 11) is 0. The normalized spacial score (nSPS) is 12.5. The smallest absolute Gasteiger partial charge is 0.369 e. The molecule has 2 rings (SSSR count). The van der Waals surface area contributed by atoms with Gasteiger partial charge in [-0.05, 0) is 41.3 Å². The van der Waals surface area contributed by atoms with Crippen molar-refractivity contribution in [2.75, 3.05) is 5.32 Å². The van der Waals surface area contributed by atoms with Crippen LogP contribution in [0.15, 0.2) is 48.5 Å². The zero-order valence-corrected chi connectivity index (χ0v) is 14.1. The van der Waals surface area contributed by atoms with Crippen LogP contribution in [-0.4, -0.2) is 11.8 Å². The van der Waals surface area contributed by atoms with Crippen LogP contribution in [-0.2, 0) is 22.2 Å². The second-order valence-corrected chi connectivity index (χ2v) is 6.11. The maximum Gasteiger partial charge on any atom is 0.416 e. The Labute approximate surface area is 149 Å².